The highest BCUT2D eigenvalue weighted by Crippen LogP contribution is 2.21. The number of carbonyl (C=O) groups is 2. The number of benzene rings is 1. The SMILES string of the molecule is CCOc1ccccc1CN(CC)C(=O)CC1C(=O)NCCN1C(C)C. The van der Waals surface area contributed by atoms with Gasteiger partial charge < -0.3 is 15.0 Å². The van der Waals surface area contributed by atoms with Crippen molar-refractivity contribution in [1.82, 2.24) is 15.1 Å². The van der Waals surface area contributed by atoms with Crippen molar-refractivity contribution < 1.29 is 14.3 Å². The van der Waals surface area contributed by atoms with E-state index in [4.69, 9.17) is 4.74 Å². The van der Waals surface area contributed by atoms with Crippen LogP contribution in [0.15, 0.2) is 24.3 Å². The summed E-state index contributed by atoms with van der Waals surface area (Å²) in [5.74, 6) is 0.746. The molecule has 1 heterocycles. The van der Waals surface area contributed by atoms with Crippen molar-refractivity contribution in [3.63, 3.8) is 0 Å². The van der Waals surface area contributed by atoms with E-state index in [-0.39, 0.29) is 24.3 Å². The van der Waals surface area contributed by atoms with Crippen LogP contribution < -0.4 is 10.1 Å². The third-order valence-corrected chi connectivity index (χ3v) is 4.77. The molecular weight excluding hydrogens is 330 g/mol. The first-order valence-electron chi connectivity index (χ1n) is 9.49. The standard InChI is InChI=1S/C20H31N3O3/c1-5-22(14-16-9-7-8-10-18(16)26-6-2)19(24)13-17-20(25)21-11-12-23(17)15(3)4/h7-10,15,17H,5-6,11-14H2,1-4H3,(H,21,25). The van der Waals surface area contributed by atoms with Gasteiger partial charge in [0.15, 0.2) is 0 Å². The van der Waals surface area contributed by atoms with Crippen LogP contribution in [0, 0.1) is 0 Å². The fraction of sp³-hybridized carbons (Fsp3) is 0.600. The van der Waals surface area contributed by atoms with Gasteiger partial charge in [-0.2, -0.15) is 0 Å². The molecular formula is C20H31N3O3. The quantitative estimate of drug-likeness (QED) is 0.770. The molecule has 1 saturated heterocycles. The monoisotopic (exact) mass is 361 g/mol. The topological polar surface area (TPSA) is 61.9 Å². The van der Waals surface area contributed by atoms with Gasteiger partial charge in [-0.1, -0.05) is 18.2 Å². The minimum Gasteiger partial charge on any atom is -0.494 e. The molecule has 1 aliphatic heterocycles. The number of nitrogens with one attached hydrogen (secondary N) is 1. The van der Waals surface area contributed by atoms with Crippen molar-refractivity contribution >= 4 is 11.8 Å². The number of para-hydroxylation sites is 1. The van der Waals surface area contributed by atoms with Crippen LogP contribution in [0.5, 0.6) is 5.75 Å². The van der Waals surface area contributed by atoms with E-state index in [1.807, 2.05) is 38.1 Å². The summed E-state index contributed by atoms with van der Waals surface area (Å²) in [7, 11) is 0. The Morgan fingerprint density at radius 1 is 1.35 bits per heavy atom. The zero-order valence-corrected chi connectivity index (χ0v) is 16.3. The molecule has 2 rings (SSSR count). The average molecular weight is 361 g/mol. The number of ether oxygens (including phenoxy) is 1. The Bertz CT molecular complexity index is 618. The summed E-state index contributed by atoms with van der Waals surface area (Å²) in [6.45, 7) is 11.1. The van der Waals surface area contributed by atoms with Gasteiger partial charge in [-0.3, -0.25) is 14.5 Å². The van der Waals surface area contributed by atoms with Gasteiger partial charge >= 0.3 is 0 Å². The van der Waals surface area contributed by atoms with E-state index < -0.39 is 6.04 Å². The molecule has 26 heavy (non-hydrogen) atoms. The summed E-state index contributed by atoms with van der Waals surface area (Å²) in [5, 5.41) is 2.88. The number of amides is 2. The lowest BCUT2D eigenvalue weighted by molar-refractivity contribution is -0.139. The lowest BCUT2D eigenvalue weighted by atomic mass is 10.1. The molecule has 1 fully saturated rings. The second-order valence-corrected chi connectivity index (χ2v) is 6.79. The van der Waals surface area contributed by atoms with E-state index >= 15 is 0 Å². The first kappa shape index (κ1) is 20.2. The predicted molar refractivity (Wildman–Crippen MR) is 102 cm³/mol. The molecule has 6 heteroatoms. The van der Waals surface area contributed by atoms with Crippen LogP contribution in [-0.2, 0) is 16.1 Å². The zero-order valence-electron chi connectivity index (χ0n) is 16.3. The summed E-state index contributed by atoms with van der Waals surface area (Å²) in [5.41, 5.74) is 0.985. The van der Waals surface area contributed by atoms with Gasteiger partial charge in [0, 0.05) is 37.8 Å². The molecule has 144 valence electrons. The molecule has 1 aliphatic rings. The Hall–Kier alpha value is -2.08. The molecule has 1 aromatic carbocycles. The van der Waals surface area contributed by atoms with E-state index in [1.54, 1.807) is 4.90 Å². The lowest BCUT2D eigenvalue weighted by Crippen LogP contribution is -2.58. The fourth-order valence-electron chi connectivity index (χ4n) is 3.37. The van der Waals surface area contributed by atoms with Gasteiger partial charge in [0.1, 0.15) is 5.75 Å². The van der Waals surface area contributed by atoms with Gasteiger partial charge in [0.2, 0.25) is 11.8 Å². The Labute approximate surface area is 156 Å². The van der Waals surface area contributed by atoms with Gasteiger partial charge in [-0.05, 0) is 33.8 Å². The highest BCUT2D eigenvalue weighted by atomic mass is 16.5. The van der Waals surface area contributed by atoms with E-state index in [1.165, 1.54) is 0 Å². The molecule has 1 aromatic rings. The number of rotatable bonds is 8. The Morgan fingerprint density at radius 3 is 2.73 bits per heavy atom. The van der Waals surface area contributed by atoms with Crippen molar-refractivity contribution in [2.24, 2.45) is 0 Å². The Kier molecular flexibility index (Phi) is 7.45. The molecule has 1 N–H and O–H groups in total. The van der Waals surface area contributed by atoms with Crippen LogP contribution in [0.25, 0.3) is 0 Å². The maximum absolute atomic E-state index is 12.9. The molecule has 0 spiro atoms. The average Bonchev–Trinajstić information content (AvgIpc) is 2.62. The van der Waals surface area contributed by atoms with Crippen LogP contribution in [0.4, 0.5) is 0 Å². The molecule has 0 saturated carbocycles. The van der Waals surface area contributed by atoms with Crippen molar-refractivity contribution in [1.29, 1.82) is 0 Å². The van der Waals surface area contributed by atoms with Crippen molar-refractivity contribution in [3.8, 4) is 5.75 Å². The van der Waals surface area contributed by atoms with Crippen LogP contribution in [0.3, 0.4) is 0 Å². The smallest absolute Gasteiger partial charge is 0.237 e. The van der Waals surface area contributed by atoms with Gasteiger partial charge in [-0.15, -0.1) is 0 Å². The second-order valence-electron chi connectivity index (χ2n) is 6.79. The third kappa shape index (κ3) is 4.97. The minimum absolute atomic E-state index is 0.00787. The third-order valence-electron chi connectivity index (χ3n) is 4.77. The molecule has 2 amide bonds. The fourth-order valence-corrected chi connectivity index (χ4v) is 3.37. The molecule has 1 atom stereocenters. The molecule has 0 radical (unpaired) electrons. The van der Waals surface area contributed by atoms with Crippen LogP contribution in [-0.4, -0.2) is 59.9 Å². The van der Waals surface area contributed by atoms with Gasteiger partial charge in [0.05, 0.1) is 19.1 Å². The molecule has 0 aromatic heterocycles. The summed E-state index contributed by atoms with van der Waals surface area (Å²) in [6, 6.07) is 7.62. The molecule has 0 aliphatic carbocycles. The number of piperazine rings is 1. The first-order chi connectivity index (χ1) is 12.5. The highest BCUT2D eigenvalue weighted by Gasteiger charge is 2.34. The summed E-state index contributed by atoms with van der Waals surface area (Å²) < 4.78 is 5.67. The van der Waals surface area contributed by atoms with Crippen LogP contribution in [0.2, 0.25) is 0 Å². The summed E-state index contributed by atoms with van der Waals surface area (Å²) >= 11 is 0. The first-order valence-corrected chi connectivity index (χ1v) is 9.49. The van der Waals surface area contributed by atoms with Crippen molar-refractivity contribution in [3.05, 3.63) is 29.8 Å². The summed E-state index contributed by atoms with van der Waals surface area (Å²) in [4.78, 5) is 29.1. The Morgan fingerprint density at radius 2 is 2.08 bits per heavy atom. The number of carbonyl (C=O) groups excluding carboxylic acids is 2. The maximum Gasteiger partial charge on any atom is 0.237 e. The minimum atomic E-state index is -0.396. The van der Waals surface area contributed by atoms with Crippen molar-refractivity contribution in [2.75, 3.05) is 26.2 Å². The molecule has 6 nitrogen and oxygen atoms in total. The Balaban J connectivity index is 2.09. The number of nitrogens with zero attached hydrogens (tertiary/aromatic N) is 2. The number of hydrogen-bond acceptors (Lipinski definition) is 4. The van der Waals surface area contributed by atoms with E-state index in [0.717, 1.165) is 17.9 Å². The van der Waals surface area contributed by atoms with E-state index in [0.29, 0.717) is 26.2 Å². The zero-order chi connectivity index (χ0) is 19.1. The molecule has 1 unspecified atom stereocenters. The lowest BCUT2D eigenvalue weighted by Gasteiger charge is -2.38. The van der Waals surface area contributed by atoms with Crippen LogP contribution in [0.1, 0.15) is 39.7 Å². The molecule has 0 bridgehead atoms. The largest absolute Gasteiger partial charge is 0.494 e. The number of hydrogen-bond donors (Lipinski definition) is 1. The van der Waals surface area contributed by atoms with E-state index in [9.17, 15) is 9.59 Å². The second kappa shape index (κ2) is 9.57. The van der Waals surface area contributed by atoms with Gasteiger partial charge in [-0.25, -0.2) is 0 Å². The van der Waals surface area contributed by atoms with Crippen LogP contribution >= 0.6 is 0 Å². The van der Waals surface area contributed by atoms with Crippen molar-refractivity contribution in [2.45, 2.75) is 52.7 Å². The maximum atomic E-state index is 12.9. The normalized spacial score (nSPS) is 17.9. The predicted octanol–water partition coefficient (Wildman–Crippen LogP) is 2.03. The summed E-state index contributed by atoms with van der Waals surface area (Å²) in [6.07, 6.45) is 0.203. The van der Waals surface area contributed by atoms with Gasteiger partial charge in [0.25, 0.3) is 0 Å². The van der Waals surface area contributed by atoms with E-state index in [2.05, 4.69) is 24.1 Å². The highest BCUT2D eigenvalue weighted by molar-refractivity contribution is 5.88.